The van der Waals surface area contributed by atoms with E-state index in [-0.39, 0.29) is 24.7 Å². The zero-order chi connectivity index (χ0) is 22.1. The predicted octanol–water partition coefficient (Wildman–Crippen LogP) is 4.09. The summed E-state index contributed by atoms with van der Waals surface area (Å²) in [6.45, 7) is 14.2. The lowest BCUT2D eigenvalue weighted by Crippen LogP contribution is -2.51. The molecule has 0 unspecified atom stereocenters. The third kappa shape index (κ3) is 11.8. The van der Waals surface area contributed by atoms with Crippen LogP contribution in [-0.2, 0) is 20.9 Å². The molecule has 0 saturated carbocycles. The molecule has 2 atom stereocenters. The lowest BCUT2D eigenvalue weighted by atomic mass is 10.2. The summed E-state index contributed by atoms with van der Waals surface area (Å²) in [5.74, 6) is -0.245. The van der Waals surface area contributed by atoms with Gasteiger partial charge in [0.25, 0.3) is 0 Å². The number of nitrogens with one attached hydrogen (secondary N) is 2. The van der Waals surface area contributed by atoms with Gasteiger partial charge in [0.15, 0.2) is 0 Å². The predicted molar refractivity (Wildman–Crippen MR) is 124 cm³/mol. The van der Waals surface area contributed by atoms with Crippen LogP contribution in [0.1, 0.15) is 5.56 Å². The van der Waals surface area contributed by atoms with Gasteiger partial charge in [-0.1, -0.05) is 69.6 Å². The smallest absolute Gasteiger partial charge is 0.407 e. The highest BCUT2D eigenvalue weighted by molar-refractivity contribution is 6.76. The van der Waals surface area contributed by atoms with Crippen molar-refractivity contribution in [1.82, 2.24) is 10.6 Å². The number of carbonyl (C=O) groups is 2. The zero-order valence-electron chi connectivity index (χ0n) is 19.0. The zero-order valence-corrected chi connectivity index (χ0v) is 21.0. The standard InChI is InChI=1S/C21H38N2O4Si2/c1-26-20(24)19(16-29(5,6)7)22-13-18(15-28(2,3)4)23-21(25)27-14-17-11-9-8-10-12-17/h8-12,18-19,22H,13-16H2,1-7H3,(H,23,25)/t18-,19+/m1/s1. The Hall–Kier alpha value is -1.65. The van der Waals surface area contributed by atoms with E-state index in [9.17, 15) is 9.59 Å². The number of amides is 1. The SMILES string of the molecule is COC(=O)[C@H](C[Si](C)(C)C)NC[C@H](C[Si](C)(C)C)NC(=O)OCc1ccccc1. The van der Waals surface area contributed by atoms with Crippen LogP contribution in [0.15, 0.2) is 30.3 Å². The second kappa shape index (κ2) is 11.5. The van der Waals surface area contributed by atoms with E-state index in [1.807, 2.05) is 30.3 Å². The van der Waals surface area contributed by atoms with E-state index in [4.69, 9.17) is 9.47 Å². The van der Waals surface area contributed by atoms with Gasteiger partial charge in [-0.2, -0.15) is 0 Å². The molecule has 1 rings (SSSR count). The van der Waals surface area contributed by atoms with Crippen molar-refractivity contribution in [2.75, 3.05) is 13.7 Å². The minimum atomic E-state index is -1.47. The number of rotatable bonds is 11. The van der Waals surface area contributed by atoms with Crippen LogP contribution in [0.3, 0.4) is 0 Å². The highest BCUT2D eigenvalue weighted by Gasteiger charge is 2.29. The van der Waals surface area contributed by atoms with E-state index < -0.39 is 22.2 Å². The molecule has 2 N–H and O–H groups in total. The summed E-state index contributed by atoms with van der Waals surface area (Å²) in [4.78, 5) is 24.5. The first-order chi connectivity index (χ1) is 13.4. The Balaban J connectivity index is 2.70. The first-order valence-electron chi connectivity index (χ1n) is 10.2. The summed E-state index contributed by atoms with van der Waals surface area (Å²) in [7, 11) is -1.50. The number of hydrogen-bond donors (Lipinski definition) is 2. The van der Waals surface area contributed by atoms with Crippen molar-refractivity contribution in [2.45, 2.75) is 70.1 Å². The van der Waals surface area contributed by atoms with Gasteiger partial charge in [-0.05, 0) is 17.7 Å². The Labute approximate surface area is 177 Å². The van der Waals surface area contributed by atoms with Crippen LogP contribution in [0.2, 0.25) is 51.4 Å². The van der Waals surface area contributed by atoms with Crippen LogP contribution in [0.4, 0.5) is 4.79 Å². The Kier molecular flexibility index (Phi) is 10.1. The number of methoxy groups -OCH3 is 1. The fourth-order valence-corrected chi connectivity index (χ4v) is 6.38. The number of alkyl carbamates (subject to hydrolysis) is 1. The van der Waals surface area contributed by atoms with E-state index in [2.05, 4.69) is 49.9 Å². The van der Waals surface area contributed by atoms with Gasteiger partial charge in [0, 0.05) is 28.7 Å². The second-order valence-electron chi connectivity index (χ2n) is 9.92. The first kappa shape index (κ1) is 25.4. The maximum atomic E-state index is 12.3. The Morgan fingerprint density at radius 1 is 0.966 bits per heavy atom. The number of esters is 1. The summed E-state index contributed by atoms with van der Waals surface area (Å²) >= 11 is 0. The molecule has 6 nitrogen and oxygen atoms in total. The van der Waals surface area contributed by atoms with Crippen LogP contribution in [0.25, 0.3) is 0 Å². The number of carbonyl (C=O) groups excluding carboxylic acids is 2. The molecular formula is C21H38N2O4Si2. The third-order valence-corrected chi connectivity index (χ3v) is 7.66. The molecule has 0 bridgehead atoms. The minimum Gasteiger partial charge on any atom is -0.468 e. The molecule has 0 spiro atoms. The molecule has 0 aliphatic rings. The lowest BCUT2D eigenvalue weighted by molar-refractivity contribution is -0.142. The van der Waals surface area contributed by atoms with Crippen molar-refractivity contribution in [3.05, 3.63) is 35.9 Å². The van der Waals surface area contributed by atoms with Crippen molar-refractivity contribution in [1.29, 1.82) is 0 Å². The summed E-state index contributed by atoms with van der Waals surface area (Å²) < 4.78 is 10.4. The molecule has 0 aliphatic heterocycles. The van der Waals surface area contributed by atoms with Crippen molar-refractivity contribution in [3.8, 4) is 0 Å². The van der Waals surface area contributed by atoms with Crippen LogP contribution in [-0.4, -0.2) is 53.9 Å². The minimum absolute atomic E-state index is 0.0984. The van der Waals surface area contributed by atoms with Crippen LogP contribution in [0, 0.1) is 0 Å². The Morgan fingerprint density at radius 3 is 2.07 bits per heavy atom. The molecule has 1 amide bonds. The van der Waals surface area contributed by atoms with Gasteiger partial charge in [-0.25, -0.2) is 4.79 Å². The van der Waals surface area contributed by atoms with E-state index in [1.165, 1.54) is 7.11 Å². The fraction of sp³-hybridized carbons (Fsp3) is 0.619. The van der Waals surface area contributed by atoms with Crippen LogP contribution >= 0.6 is 0 Å². The Morgan fingerprint density at radius 2 is 1.55 bits per heavy atom. The molecule has 1 aromatic carbocycles. The number of benzene rings is 1. The van der Waals surface area contributed by atoms with E-state index in [0.717, 1.165) is 17.7 Å². The summed E-state index contributed by atoms with van der Waals surface area (Å²) in [5.41, 5.74) is 0.948. The molecule has 1 aromatic rings. The molecule has 164 valence electrons. The van der Waals surface area contributed by atoms with Gasteiger partial charge in [0.1, 0.15) is 12.6 Å². The Bertz CT molecular complexity index is 642. The van der Waals surface area contributed by atoms with Crippen molar-refractivity contribution in [3.63, 3.8) is 0 Å². The maximum Gasteiger partial charge on any atom is 0.407 e. The first-order valence-corrected chi connectivity index (χ1v) is 17.6. The molecule has 0 saturated heterocycles. The van der Waals surface area contributed by atoms with Gasteiger partial charge >= 0.3 is 12.1 Å². The molecular weight excluding hydrogens is 400 g/mol. The van der Waals surface area contributed by atoms with Gasteiger partial charge in [0.05, 0.1) is 7.11 Å². The lowest BCUT2D eigenvalue weighted by Gasteiger charge is -2.29. The van der Waals surface area contributed by atoms with Crippen LogP contribution < -0.4 is 10.6 Å². The van der Waals surface area contributed by atoms with Crippen LogP contribution in [0.5, 0.6) is 0 Å². The average molecular weight is 439 g/mol. The monoisotopic (exact) mass is 438 g/mol. The highest BCUT2D eigenvalue weighted by atomic mass is 28.3. The van der Waals surface area contributed by atoms with E-state index >= 15 is 0 Å². The topological polar surface area (TPSA) is 76.7 Å². The number of ether oxygens (including phenoxy) is 2. The summed E-state index contributed by atoms with van der Waals surface area (Å²) in [6, 6.07) is 10.8. The molecule has 29 heavy (non-hydrogen) atoms. The molecule has 0 radical (unpaired) electrons. The average Bonchev–Trinajstić information content (AvgIpc) is 2.61. The van der Waals surface area contributed by atoms with Crippen molar-refractivity contribution < 1.29 is 19.1 Å². The maximum absolute atomic E-state index is 12.3. The normalized spacial score (nSPS) is 14.0. The summed E-state index contributed by atoms with van der Waals surface area (Å²) in [5, 5.41) is 6.33. The summed E-state index contributed by atoms with van der Waals surface area (Å²) in [6.07, 6.45) is -0.432. The largest absolute Gasteiger partial charge is 0.468 e. The van der Waals surface area contributed by atoms with Gasteiger partial charge in [-0.3, -0.25) is 4.79 Å². The fourth-order valence-electron chi connectivity index (χ4n) is 3.12. The molecule has 0 heterocycles. The molecule has 0 aromatic heterocycles. The van der Waals surface area contributed by atoms with Crippen molar-refractivity contribution in [2.24, 2.45) is 0 Å². The van der Waals surface area contributed by atoms with E-state index in [1.54, 1.807) is 0 Å². The van der Waals surface area contributed by atoms with E-state index in [0.29, 0.717) is 6.54 Å². The molecule has 0 fully saturated rings. The quantitative estimate of drug-likeness (QED) is 0.402. The van der Waals surface area contributed by atoms with Gasteiger partial charge in [-0.15, -0.1) is 0 Å². The van der Waals surface area contributed by atoms with Gasteiger partial charge < -0.3 is 20.1 Å². The third-order valence-electron chi connectivity index (χ3n) is 4.31. The number of hydrogen-bond acceptors (Lipinski definition) is 5. The highest BCUT2D eigenvalue weighted by Crippen LogP contribution is 2.15. The molecule has 0 aliphatic carbocycles. The van der Waals surface area contributed by atoms with Crippen molar-refractivity contribution >= 4 is 28.2 Å². The second-order valence-corrected chi connectivity index (χ2v) is 21.0. The molecule has 8 heteroatoms. The van der Waals surface area contributed by atoms with Gasteiger partial charge in [0.2, 0.25) is 0 Å².